The molecule has 2 heterocycles. The van der Waals surface area contributed by atoms with Crippen molar-refractivity contribution in [3.05, 3.63) is 72.6 Å². The summed E-state index contributed by atoms with van der Waals surface area (Å²) in [5.41, 5.74) is 2.63. The van der Waals surface area contributed by atoms with Crippen molar-refractivity contribution in [1.82, 2.24) is 9.97 Å². The summed E-state index contributed by atoms with van der Waals surface area (Å²) in [5.74, 6) is 0.750. The van der Waals surface area contributed by atoms with Gasteiger partial charge in [-0.15, -0.1) is 0 Å². The number of benzene rings is 2. The lowest BCUT2D eigenvalue weighted by Crippen LogP contribution is -2.41. The highest BCUT2D eigenvalue weighted by Gasteiger charge is 2.28. The first kappa shape index (κ1) is 18.6. The highest BCUT2D eigenvalue weighted by Crippen LogP contribution is 2.25. The lowest BCUT2D eigenvalue weighted by atomic mass is 9.98. The number of carbonyl (C=O) groups is 1. The minimum absolute atomic E-state index is 0.203. The second-order valence-corrected chi connectivity index (χ2v) is 6.97. The number of nitrogens with zero attached hydrogens (tertiary/aromatic N) is 4. The summed E-state index contributed by atoms with van der Waals surface area (Å²) in [5, 5.41) is 8.90. The van der Waals surface area contributed by atoms with E-state index in [2.05, 4.69) is 16.0 Å². The topological polar surface area (TPSA) is 79.1 Å². The van der Waals surface area contributed by atoms with Crippen LogP contribution in [0.4, 0.5) is 5.95 Å². The van der Waals surface area contributed by atoms with Gasteiger partial charge in [-0.2, -0.15) is 5.26 Å². The molecule has 0 N–H and O–H groups in total. The van der Waals surface area contributed by atoms with Crippen molar-refractivity contribution in [2.45, 2.75) is 12.8 Å². The second kappa shape index (κ2) is 8.53. The van der Waals surface area contributed by atoms with E-state index in [0.29, 0.717) is 23.8 Å². The number of ether oxygens (including phenoxy) is 1. The van der Waals surface area contributed by atoms with E-state index < -0.39 is 0 Å². The summed E-state index contributed by atoms with van der Waals surface area (Å²) in [4.78, 5) is 23.2. The molecular formula is C23H20N4O2. The maximum absolute atomic E-state index is 12.6. The third-order valence-corrected chi connectivity index (χ3v) is 5.01. The van der Waals surface area contributed by atoms with Gasteiger partial charge < -0.3 is 9.64 Å². The molecule has 1 atom stereocenters. The summed E-state index contributed by atoms with van der Waals surface area (Å²) >= 11 is 0. The summed E-state index contributed by atoms with van der Waals surface area (Å²) in [6.07, 6.45) is 5.11. The first-order valence-corrected chi connectivity index (χ1v) is 9.57. The van der Waals surface area contributed by atoms with Crippen LogP contribution in [0.2, 0.25) is 0 Å². The fraction of sp³-hybridized carbons (Fsp3) is 0.217. The van der Waals surface area contributed by atoms with E-state index in [1.54, 1.807) is 42.7 Å². The van der Waals surface area contributed by atoms with E-state index in [9.17, 15) is 4.79 Å². The summed E-state index contributed by atoms with van der Waals surface area (Å²) in [7, 11) is 0. The van der Waals surface area contributed by atoms with Gasteiger partial charge in [-0.05, 0) is 54.3 Å². The van der Waals surface area contributed by atoms with Crippen molar-refractivity contribution in [1.29, 1.82) is 5.26 Å². The molecule has 6 nitrogen and oxygen atoms in total. The number of anilines is 1. The van der Waals surface area contributed by atoms with Crippen LogP contribution in [0.25, 0.3) is 11.1 Å². The van der Waals surface area contributed by atoms with Crippen LogP contribution in [0.5, 0.6) is 5.75 Å². The van der Waals surface area contributed by atoms with Crippen LogP contribution in [0, 0.1) is 17.2 Å². The Hall–Kier alpha value is -3.72. The lowest BCUT2D eigenvalue weighted by molar-refractivity contribution is -0.139. The Morgan fingerprint density at radius 2 is 1.69 bits per heavy atom. The zero-order chi connectivity index (χ0) is 20.1. The first-order chi connectivity index (χ1) is 14.2. The van der Waals surface area contributed by atoms with Crippen LogP contribution < -0.4 is 9.64 Å². The van der Waals surface area contributed by atoms with Gasteiger partial charge in [-0.1, -0.05) is 24.3 Å². The van der Waals surface area contributed by atoms with E-state index in [4.69, 9.17) is 10.00 Å². The Labute approximate surface area is 169 Å². The monoisotopic (exact) mass is 384 g/mol. The van der Waals surface area contributed by atoms with Crippen LogP contribution in [-0.2, 0) is 4.79 Å². The number of rotatable bonds is 4. The number of carbonyl (C=O) groups excluding carboxylic acids is 1. The Kier molecular flexibility index (Phi) is 5.48. The predicted octanol–water partition coefficient (Wildman–Crippen LogP) is 3.84. The van der Waals surface area contributed by atoms with Gasteiger partial charge >= 0.3 is 5.97 Å². The van der Waals surface area contributed by atoms with Gasteiger partial charge in [0, 0.05) is 25.5 Å². The average Bonchev–Trinajstić information content (AvgIpc) is 2.80. The molecule has 2 aromatic carbocycles. The van der Waals surface area contributed by atoms with Gasteiger partial charge in [-0.3, -0.25) is 4.79 Å². The first-order valence-electron chi connectivity index (χ1n) is 9.57. The molecule has 1 aromatic heterocycles. The molecule has 0 bridgehead atoms. The van der Waals surface area contributed by atoms with Gasteiger partial charge in [-0.25, -0.2) is 9.97 Å². The van der Waals surface area contributed by atoms with Gasteiger partial charge in [0.25, 0.3) is 0 Å². The SMILES string of the molecule is N#Cc1ccc(-c2ccc(OC(=O)C3CCCN(c4ncccn4)C3)cc2)cc1. The fourth-order valence-corrected chi connectivity index (χ4v) is 3.46. The molecule has 0 radical (unpaired) electrons. The number of piperidine rings is 1. The molecule has 1 aliphatic heterocycles. The van der Waals surface area contributed by atoms with Gasteiger partial charge in [0.15, 0.2) is 0 Å². The van der Waals surface area contributed by atoms with Crippen molar-refractivity contribution < 1.29 is 9.53 Å². The highest BCUT2D eigenvalue weighted by atomic mass is 16.5. The van der Waals surface area contributed by atoms with E-state index in [0.717, 1.165) is 30.5 Å². The number of hydrogen-bond donors (Lipinski definition) is 0. The maximum Gasteiger partial charge on any atom is 0.316 e. The van der Waals surface area contributed by atoms with Crippen LogP contribution >= 0.6 is 0 Å². The van der Waals surface area contributed by atoms with Crippen molar-refractivity contribution in [3.8, 4) is 22.9 Å². The number of hydrogen-bond acceptors (Lipinski definition) is 6. The summed E-state index contributed by atoms with van der Waals surface area (Å²) < 4.78 is 5.62. The summed E-state index contributed by atoms with van der Waals surface area (Å²) in [6.45, 7) is 1.40. The highest BCUT2D eigenvalue weighted by molar-refractivity contribution is 5.76. The van der Waals surface area contributed by atoms with Crippen LogP contribution in [0.1, 0.15) is 18.4 Å². The van der Waals surface area contributed by atoms with Crippen molar-refractivity contribution in [3.63, 3.8) is 0 Å². The molecule has 0 spiro atoms. The van der Waals surface area contributed by atoms with Crippen LogP contribution in [0.3, 0.4) is 0 Å². The molecule has 1 unspecified atom stereocenters. The molecular weight excluding hydrogens is 364 g/mol. The van der Waals surface area contributed by atoms with Crippen LogP contribution in [0.15, 0.2) is 67.0 Å². The van der Waals surface area contributed by atoms with Gasteiger partial charge in [0.1, 0.15) is 5.75 Å². The van der Waals surface area contributed by atoms with E-state index in [-0.39, 0.29) is 11.9 Å². The number of nitriles is 1. The third-order valence-electron chi connectivity index (χ3n) is 5.01. The normalized spacial score (nSPS) is 16.1. The molecule has 1 saturated heterocycles. The van der Waals surface area contributed by atoms with E-state index >= 15 is 0 Å². The van der Waals surface area contributed by atoms with Crippen molar-refractivity contribution in [2.24, 2.45) is 5.92 Å². The van der Waals surface area contributed by atoms with Crippen molar-refractivity contribution >= 4 is 11.9 Å². The molecule has 0 saturated carbocycles. The minimum atomic E-state index is -0.225. The maximum atomic E-state index is 12.6. The molecule has 144 valence electrons. The fourth-order valence-electron chi connectivity index (χ4n) is 3.46. The molecule has 0 amide bonds. The van der Waals surface area contributed by atoms with E-state index in [1.807, 2.05) is 29.2 Å². The molecule has 1 fully saturated rings. The van der Waals surface area contributed by atoms with E-state index in [1.165, 1.54) is 0 Å². The molecule has 29 heavy (non-hydrogen) atoms. The molecule has 0 aliphatic carbocycles. The molecule has 1 aliphatic rings. The zero-order valence-corrected chi connectivity index (χ0v) is 15.9. The van der Waals surface area contributed by atoms with Gasteiger partial charge in [0.2, 0.25) is 5.95 Å². The predicted molar refractivity (Wildman–Crippen MR) is 109 cm³/mol. The minimum Gasteiger partial charge on any atom is -0.426 e. The third kappa shape index (κ3) is 4.41. The van der Waals surface area contributed by atoms with Crippen LogP contribution in [-0.4, -0.2) is 29.0 Å². The molecule has 3 aromatic rings. The number of aromatic nitrogens is 2. The second-order valence-electron chi connectivity index (χ2n) is 6.97. The lowest BCUT2D eigenvalue weighted by Gasteiger charge is -2.31. The van der Waals surface area contributed by atoms with Gasteiger partial charge in [0.05, 0.1) is 17.6 Å². The zero-order valence-electron chi connectivity index (χ0n) is 15.9. The Balaban J connectivity index is 1.39. The Bertz CT molecular complexity index is 1010. The van der Waals surface area contributed by atoms with Crippen molar-refractivity contribution in [2.75, 3.05) is 18.0 Å². The smallest absolute Gasteiger partial charge is 0.316 e. The Morgan fingerprint density at radius 3 is 2.34 bits per heavy atom. The Morgan fingerprint density at radius 1 is 1.03 bits per heavy atom. The molecule has 6 heteroatoms. The largest absolute Gasteiger partial charge is 0.426 e. The average molecular weight is 384 g/mol. The summed E-state index contributed by atoms with van der Waals surface area (Å²) in [6, 6.07) is 18.7. The number of esters is 1. The molecule has 4 rings (SSSR count). The quantitative estimate of drug-likeness (QED) is 0.502. The standard InChI is InChI=1S/C23H20N4O2/c24-15-17-4-6-18(7-5-17)19-8-10-21(11-9-19)29-22(28)20-3-1-14-27(16-20)23-25-12-2-13-26-23/h2,4-13,20H,1,3,14,16H2.